The lowest BCUT2D eigenvalue weighted by atomic mass is 9.96. The van der Waals surface area contributed by atoms with Crippen molar-refractivity contribution in [2.24, 2.45) is 5.84 Å². The van der Waals surface area contributed by atoms with Crippen molar-refractivity contribution in [3.05, 3.63) is 53.9 Å². The summed E-state index contributed by atoms with van der Waals surface area (Å²) in [6.45, 7) is 2.07. The normalized spacial score (nSPS) is 17.2. The fourth-order valence-electron chi connectivity index (χ4n) is 2.82. The first-order valence-corrected chi connectivity index (χ1v) is 7.04. The van der Waals surface area contributed by atoms with E-state index in [1.54, 1.807) is 18.5 Å². The Hall–Kier alpha value is -2.40. The van der Waals surface area contributed by atoms with Gasteiger partial charge in [-0.3, -0.25) is 15.6 Å². The molecular formula is C16H18N4O. The number of nitrogens with one attached hydrogen (secondary N) is 1. The largest absolute Gasteiger partial charge is 0.323 e. The minimum atomic E-state index is -0.0734. The van der Waals surface area contributed by atoms with Gasteiger partial charge in [-0.05, 0) is 37.5 Å². The quantitative estimate of drug-likeness (QED) is 0.655. The number of fused-ring (bicyclic) bond motifs is 1. The second kappa shape index (κ2) is 5.54. The number of anilines is 2. The second-order valence-corrected chi connectivity index (χ2v) is 5.26. The van der Waals surface area contributed by atoms with Crippen LogP contribution in [0.4, 0.5) is 11.4 Å². The number of aromatic nitrogens is 1. The summed E-state index contributed by atoms with van der Waals surface area (Å²) in [5.41, 5.74) is 5.83. The van der Waals surface area contributed by atoms with Gasteiger partial charge < -0.3 is 10.3 Å². The number of pyridine rings is 1. The highest BCUT2D eigenvalue weighted by molar-refractivity contribution is 6.10. The first-order chi connectivity index (χ1) is 10.2. The van der Waals surface area contributed by atoms with Gasteiger partial charge in [-0.1, -0.05) is 18.2 Å². The molecule has 5 nitrogen and oxygen atoms in total. The van der Waals surface area contributed by atoms with Crippen LogP contribution < -0.4 is 16.2 Å². The molecule has 21 heavy (non-hydrogen) atoms. The molecule has 1 aromatic carbocycles. The summed E-state index contributed by atoms with van der Waals surface area (Å²) in [4.78, 5) is 18.8. The van der Waals surface area contributed by atoms with Gasteiger partial charge in [-0.2, -0.15) is 0 Å². The van der Waals surface area contributed by atoms with Crippen LogP contribution in [0.15, 0.2) is 42.7 Å². The maximum absolute atomic E-state index is 12.9. The van der Waals surface area contributed by atoms with Crippen LogP contribution in [-0.4, -0.2) is 16.9 Å². The molecule has 2 heterocycles. The first kappa shape index (κ1) is 13.6. The van der Waals surface area contributed by atoms with Gasteiger partial charge in [0.15, 0.2) is 0 Å². The number of benzene rings is 1. The van der Waals surface area contributed by atoms with Crippen LogP contribution >= 0.6 is 0 Å². The van der Waals surface area contributed by atoms with Gasteiger partial charge in [0.25, 0.3) is 5.91 Å². The Balaban J connectivity index is 2.05. The molecule has 1 amide bonds. The topological polar surface area (TPSA) is 71.2 Å². The highest BCUT2D eigenvalue weighted by atomic mass is 16.2. The van der Waals surface area contributed by atoms with Crippen molar-refractivity contribution in [3.63, 3.8) is 0 Å². The number of hydrazine groups is 1. The van der Waals surface area contributed by atoms with Crippen molar-refractivity contribution in [3.8, 4) is 0 Å². The molecule has 3 rings (SSSR count). The highest BCUT2D eigenvalue weighted by Crippen LogP contribution is 2.32. The number of carbonyl (C=O) groups excluding carboxylic acids is 1. The van der Waals surface area contributed by atoms with Gasteiger partial charge in [0.2, 0.25) is 0 Å². The molecule has 0 saturated carbocycles. The lowest BCUT2D eigenvalue weighted by molar-refractivity contribution is 0.0975. The fraction of sp³-hybridized carbons (Fsp3) is 0.250. The Kier molecular flexibility index (Phi) is 3.58. The van der Waals surface area contributed by atoms with Crippen LogP contribution in [0, 0.1) is 0 Å². The molecule has 0 aliphatic carbocycles. The van der Waals surface area contributed by atoms with Crippen LogP contribution in [0.25, 0.3) is 0 Å². The third kappa shape index (κ3) is 2.36. The van der Waals surface area contributed by atoms with E-state index in [1.165, 1.54) is 5.56 Å². The van der Waals surface area contributed by atoms with Gasteiger partial charge in [-0.25, -0.2) is 0 Å². The lowest BCUT2D eigenvalue weighted by Gasteiger charge is -2.35. The summed E-state index contributed by atoms with van der Waals surface area (Å²) in [6, 6.07) is 9.89. The zero-order chi connectivity index (χ0) is 14.8. The van der Waals surface area contributed by atoms with Crippen LogP contribution in [0.1, 0.15) is 29.3 Å². The van der Waals surface area contributed by atoms with E-state index in [1.807, 2.05) is 23.1 Å². The Labute approximate surface area is 123 Å². The molecule has 0 bridgehead atoms. The zero-order valence-electron chi connectivity index (χ0n) is 11.9. The van der Waals surface area contributed by atoms with Gasteiger partial charge in [0.1, 0.15) is 0 Å². The number of aryl methyl sites for hydroxylation is 1. The van der Waals surface area contributed by atoms with E-state index in [9.17, 15) is 4.79 Å². The number of nitrogen functional groups attached to an aromatic ring is 1. The molecular weight excluding hydrogens is 264 g/mol. The fourth-order valence-corrected chi connectivity index (χ4v) is 2.82. The van der Waals surface area contributed by atoms with Gasteiger partial charge in [0.05, 0.1) is 11.3 Å². The molecule has 1 aliphatic rings. The SMILES string of the molecule is CC1CCc2ccccc2N1C(=O)c1cnccc1NN. The van der Waals surface area contributed by atoms with E-state index in [-0.39, 0.29) is 11.9 Å². The number of rotatable bonds is 2. The molecule has 2 aromatic rings. The van der Waals surface area contributed by atoms with E-state index in [0.717, 1.165) is 18.5 Å². The number of amides is 1. The molecule has 3 N–H and O–H groups in total. The molecule has 1 aromatic heterocycles. The summed E-state index contributed by atoms with van der Waals surface area (Å²) in [5.74, 6) is 5.43. The van der Waals surface area contributed by atoms with Crippen molar-refractivity contribution >= 4 is 17.3 Å². The van der Waals surface area contributed by atoms with Crippen molar-refractivity contribution in [1.82, 2.24) is 4.98 Å². The number of carbonyl (C=O) groups is 1. The predicted octanol–water partition coefficient (Wildman–Crippen LogP) is 2.35. The van der Waals surface area contributed by atoms with Crippen LogP contribution in [0.5, 0.6) is 0 Å². The molecule has 5 heteroatoms. The van der Waals surface area contributed by atoms with E-state index in [4.69, 9.17) is 5.84 Å². The summed E-state index contributed by atoms with van der Waals surface area (Å²) in [6.07, 6.45) is 5.12. The third-order valence-corrected chi connectivity index (χ3v) is 3.95. The van der Waals surface area contributed by atoms with Crippen LogP contribution in [0.3, 0.4) is 0 Å². The van der Waals surface area contributed by atoms with E-state index < -0.39 is 0 Å². The Bertz CT molecular complexity index is 671. The number of nitrogens with zero attached hydrogens (tertiary/aromatic N) is 2. The number of nitrogens with two attached hydrogens (primary N) is 1. The predicted molar refractivity (Wildman–Crippen MR) is 83.1 cm³/mol. The van der Waals surface area contributed by atoms with Crippen molar-refractivity contribution in [1.29, 1.82) is 0 Å². The minimum absolute atomic E-state index is 0.0734. The molecule has 0 saturated heterocycles. The summed E-state index contributed by atoms with van der Waals surface area (Å²) in [7, 11) is 0. The molecule has 1 atom stereocenters. The van der Waals surface area contributed by atoms with E-state index in [0.29, 0.717) is 11.3 Å². The average Bonchev–Trinajstić information content (AvgIpc) is 2.54. The summed E-state index contributed by atoms with van der Waals surface area (Å²) >= 11 is 0. The van der Waals surface area contributed by atoms with Gasteiger partial charge >= 0.3 is 0 Å². The third-order valence-electron chi connectivity index (χ3n) is 3.95. The molecule has 0 spiro atoms. The van der Waals surface area contributed by atoms with E-state index in [2.05, 4.69) is 23.4 Å². The maximum Gasteiger partial charge on any atom is 0.262 e. The van der Waals surface area contributed by atoms with Crippen LogP contribution in [-0.2, 0) is 6.42 Å². The first-order valence-electron chi connectivity index (χ1n) is 7.04. The second-order valence-electron chi connectivity index (χ2n) is 5.26. The molecule has 0 fully saturated rings. The lowest BCUT2D eigenvalue weighted by Crippen LogP contribution is -2.42. The van der Waals surface area contributed by atoms with E-state index >= 15 is 0 Å². The van der Waals surface area contributed by atoms with Crippen molar-refractivity contribution in [2.45, 2.75) is 25.8 Å². The molecule has 1 unspecified atom stereocenters. The standard InChI is InChI=1S/C16H18N4O/c1-11-6-7-12-4-2-3-5-15(12)20(11)16(21)13-10-18-9-8-14(13)19-17/h2-5,8-11H,6-7,17H2,1H3,(H,18,19). The Morgan fingerprint density at radius 2 is 2.19 bits per heavy atom. The molecule has 1 aliphatic heterocycles. The van der Waals surface area contributed by atoms with Crippen molar-refractivity contribution < 1.29 is 4.79 Å². The van der Waals surface area contributed by atoms with Gasteiger partial charge in [-0.15, -0.1) is 0 Å². The zero-order valence-corrected chi connectivity index (χ0v) is 11.9. The maximum atomic E-state index is 12.9. The average molecular weight is 282 g/mol. The van der Waals surface area contributed by atoms with Crippen LogP contribution in [0.2, 0.25) is 0 Å². The Morgan fingerprint density at radius 3 is 3.00 bits per heavy atom. The molecule has 0 radical (unpaired) electrons. The Morgan fingerprint density at radius 1 is 1.38 bits per heavy atom. The number of hydrogen-bond acceptors (Lipinski definition) is 4. The summed E-state index contributed by atoms with van der Waals surface area (Å²) in [5, 5.41) is 0. The summed E-state index contributed by atoms with van der Waals surface area (Å²) < 4.78 is 0. The number of hydrogen-bond donors (Lipinski definition) is 2. The number of para-hydroxylation sites is 1. The monoisotopic (exact) mass is 282 g/mol. The minimum Gasteiger partial charge on any atom is -0.323 e. The molecule has 108 valence electrons. The highest BCUT2D eigenvalue weighted by Gasteiger charge is 2.29. The smallest absolute Gasteiger partial charge is 0.262 e. The van der Waals surface area contributed by atoms with Crippen molar-refractivity contribution in [2.75, 3.05) is 10.3 Å². The van der Waals surface area contributed by atoms with Gasteiger partial charge in [0, 0.05) is 24.1 Å².